The van der Waals surface area contributed by atoms with Gasteiger partial charge in [-0.3, -0.25) is 9.69 Å². The van der Waals surface area contributed by atoms with Crippen LogP contribution in [0.15, 0.2) is 86.0 Å². The molecule has 0 aliphatic carbocycles. The van der Waals surface area contributed by atoms with Crippen molar-refractivity contribution >= 4 is 22.3 Å². The van der Waals surface area contributed by atoms with Crippen molar-refractivity contribution in [2.75, 3.05) is 39.5 Å². The van der Waals surface area contributed by atoms with Crippen LogP contribution in [-0.2, 0) is 4.74 Å². The molecule has 34 heavy (non-hydrogen) atoms. The number of carbonyl (C=O) groups is 1. The van der Waals surface area contributed by atoms with E-state index < -0.39 is 5.91 Å². The maximum atomic E-state index is 12.7. The van der Waals surface area contributed by atoms with E-state index in [4.69, 9.17) is 15.2 Å². The molecule has 0 aromatic heterocycles. The summed E-state index contributed by atoms with van der Waals surface area (Å²) in [5.74, 6) is 0.00577. The van der Waals surface area contributed by atoms with E-state index in [0.29, 0.717) is 24.3 Å². The SMILES string of the molecule is C=CC/C=C/C=C/C=C(/CC=C)c1c(C(N)=O)c(OCCN2CCOCC2)cc2ccccc12. The molecule has 5 heteroatoms. The van der Waals surface area contributed by atoms with Gasteiger partial charge < -0.3 is 15.2 Å². The lowest BCUT2D eigenvalue weighted by atomic mass is 9.90. The van der Waals surface area contributed by atoms with E-state index in [1.54, 1.807) is 0 Å². The Labute approximate surface area is 202 Å². The molecule has 5 nitrogen and oxygen atoms in total. The highest BCUT2D eigenvalue weighted by atomic mass is 16.5. The van der Waals surface area contributed by atoms with E-state index in [2.05, 4.69) is 18.1 Å². The average molecular weight is 459 g/mol. The van der Waals surface area contributed by atoms with Crippen LogP contribution in [0.3, 0.4) is 0 Å². The van der Waals surface area contributed by atoms with Gasteiger partial charge in [-0.25, -0.2) is 0 Å². The normalized spacial score (nSPS) is 15.2. The first kappa shape index (κ1) is 25.2. The molecule has 3 rings (SSSR count). The molecule has 1 amide bonds. The van der Waals surface area contributed by atoms with E-state index in [1.165, 1.54) is 0 Å². The zero-order valence-electron chi connectivity index (χ0n) is 19.7. The van der Waals surface area contributed by atoms with E-state index in [9.17, 15) is 4.79 Å². The number of primary amides is 1. The van der Waals surface area contributed by atoms with Gasteiger partial charge in [0.15, 0.2) is 0 Å². The molecule has 178 valence electrons. The quantitative estimate of drug-likeness (QED) is 0.346. The number of amides is 1. The minimum Gasteiger partial charge on any atom is -0.491 e. The Morgan fingerprint density at radius 2 is 1.88 bits per heavy atom. The lowest BCUT2D eigenvalue weighted by Gasteiger charge is -2.26. The van der Waals surface area contributed by atoms with Gasteiger partial charge in [0.2, 0.25) is 0 Å². The van der Waals surface area contributed by atoms with Crippen LogP contribution in [-0.4, -0.2) is 50.3 Å². The fourth-order valence-corrected chi connectivity index (χ4v) is 4.02. The van der Waals surface area contributed by atoms with Crippen molar-refractivity contribution in [3.8, 4) is 5.75 Å². The third-order valence-corrected chi connectivity index (χ3v) is 5.67. The van der Waals surface area contributed by atoms with E-state index in [0.717, 1.165) is 61.2 Å². The minimum atomic E-state index is -0.507. The Balaban J connectivity index is 2.01. The second-order valence-electron chi connectivity index (χ2n) is 8.03. The van der Waals surface area contributed by atoms with Crippen molar-refractivity contribution < 1.29 is 14.3 Å². The molecule has 0 unspecified atom stereocenters. The van der Waals surface area contributed by atoms with Crippen molar-refractivity contribution in [1.82, 2.24) is 4.90 Å². The second-order valence-corrected chi connectivity index (χ2v) is 8.03. The van der Waals surface area contributed by atoms with Crippen LogP contribution in [0.1, 0.15) is 28.8 Å². The summed E-state index contributed by atoms with van der Waals surface area (Å²) in [7, 11) is 0. The van der Waals surface area contributed by atoms with Gasteiger partial charge in [-0.15, -0.1) is 13.2 Å². The van der Waals surface area contributed by atoms with Gasteiger partial charge in [-0.05, 0) is 35.3 Å². The van der Waals surface area contributed by atoms with Crippen LogP contribution in [0, 0.1) is 0 Å². The van der Waals surface area contributed by atoms with Gasteiger partial charge >= 0.3 is 0 Å². The number of hydrogen-bond donors (Lipinski definition) is 1. The molecule has 0 saturated carbocycles. The highest BCUT2D eigenvalue weighted by Crippen LogP contribution is 2.37. The van der Waals surface area contributed by atoms with E-state index in [1.807, 2.05) is 72.9 Å². The Morgan fingerprint density at radius 1 is 1.09 bits per heavy atom. The van der Waals surface area contributed by atoms with Crippen LogP contribution in [0.4, 0.5) is 0 Å². The third-order valence-electron chi connectivity index (χ3n) is 5.67. The van der Waals surface area contributed by atoms with Crippen LogP contribution in [0.2, 0.25) is 0 Å². The number of allylic oxidation sites excluding steroid dienone is 8. The monoisotopic (exact) mass is 458 g/mol. The largest absolute Gasteiger partial charge is 0.491 e. The van der Waals surface area contributed by atoms with Crippen molar-refractivity contribution in [3.05, 3.63) is 97.1 Å². The van der Waals surface area contributed by atoms with Gasteiger partial charge in [0.05, 0.1) is 18.8 Å². The number of fused-ring (bicyclic) bond motifs is 1. The molecule has 1 heterocycles. The van der Waals surface area contributed by atoms with Crippen LogP contribution in [0.25, 0.3) is 16.3 Å². The maximum absolute atomic E-state index is 12.7. The molecule has 2 N–H and O–H groups in total. The predicted molar refractivity (Wildman–Crippen MR) is 141 cm³/mol. The first-order chi connectivity index (χ1) is 16.7. The van der Waals surface area contributed by atoms with Crippen molar-refractivity contribution in [1.29, 1.82) is 0 Å². The highest BCUT2D eigenvalue weighted by Gasteiger charge is 2.21. The molecule has 0 radical (unpaired) electrons. The molecule has 1 saturated heterocycles. The van der Waals surface area contributed by atoms with Crippen molar-refractivity contribution in [2.45, 2.75) is 12.8 Å². The Hall–Kier alpha value is -3.41. The maximum Gasteiger partial charge on any atom is 0.253 e. The molecule has 1 aliphatic heterocycles. The topological polar surface area (TPSA) is 64.8 Å². The minimum absolute atomic E-state index is 0.407. The summed E-state index contributed by atoms with van der Waals surface area (Å²) in [6.07, 6.45) is 15.0. The van der Waals surface area contributed by atoms with Gasteiger partial charge in [-0.2, -0.15) is 0 Å². The average Bonchev–Trinajstić information content (AvgIpc) is 2.85. The van der Waals surface area contributed by atoms with Crippen molar-refractivity contribution in [2.24, 2.45) is 5.73 Å². The fraction of sp³-hybridized carbons (Fsp3) is 0.276. The van der Waals surface area contributed by atoms with Crippen LogP contribution >= 0.6 is 0 Å². The standard InChI is InChI=1S/C29H34N2O3/c1-3-5-6-7-8-9-13-23(12-4-2)27-25-15-11-10-14-24(25)22-26(28(27)29(30)32)34-21-18-31-16-19-33-20-17-31/h3-4,6-11,13-15,22H,1-2,5,12,16-21H2,(H2,30,32)/b7-6+,9-8+,23-13-. The number of carbonyl (C=O) groups excluding carboxylic acids is 1. The summed E-state index contributed by atoms with van der Waals surface area (Å²) < 4.78 is 11.6. The molecular formula is C29H34N2O3. The first-order valence-corrected chi connectivity index (χ1v) is 11.7. The summed E-state index contributed by atoms with van der Waals surface area (Å²) in [5, 5.41) is 1.95. The molecular weight excluding hydrogens is 424 g/mol. The zero-order chi connectivity index (χ0) is 24.2. The zero-order valence-corrected chi connectivity index (χ0v) is 19.7. The summed E-state index contributed by atoms with van der Waals surface area (Å²) in [4.78, 5) is 15.0. The molecule has 0 spiro atoms. The lowest BCUT2D eigenvalue weighted by molar-refractivity contribution is 0.0322. The summed E-state index contributed by atoms with van der Waals surface area (Å²) in [6, 6.07) is 9.90. The first-order valence-electron chi connectivity index (χ1n) is 11.7. The number of rotatable bonds is 12. The van der Waals surface area contributed by atoms with Crippen molar-refractivity contribution in [3.63, 3.8) is 0 Å². The third kappa shape index (κ3) is 6.80. The highest BCUT2D eigenvalue weighted by molar-refractivity contribution is 6.09. The number of nitrogens with two attached hydrogens (primary N) is 1. The molecule has 0 atom stereocenters. The molecule has 1 aliphatic rings. The number of morpholine rings is 1. The second kappa shape index (κ2) is 13.3. The molecule has 2 aromatic rings. The summed E-state index contributed by atoms with van der Waals surface area (Å²) >= 11 is 0. The number of hydrogen-bond acceptors (Lipinski definition) is 4. The van der Waals surface area contributed by atoms with Crippen LogP contribution < -0.4 is 10.5 Å². The predicted octanol–water partition coefficient (Wildman–Crippen LogP) is 5.30. The number of nitrogens with zero attached hydrogens (tertiary/aromatic N) is 1. The van der Waals surface area contributed by atoms with E-state index >= 15 is 0 Å². The van der Waals surface area contributed by atoms with Gasteiger partial charge in [0.25, 0.3) is 5.91 Å². The molecule has 1 fully saturated rings. The lowest BCUT2D eigenvalue weighted by Crippen LogP contribution is -2.38. The van der Waals surface area contributed by atoms with E-state index in [-0.39, 0.29) is 0 Å². The summed E-state index contributed by atoms with van der Waals surface area (Å²) in [5.41, 5.74) is 8.08. The Kier molecular flexibility index (Phi) is 9.89. The van der Waals surface area contributed by atoms with Gasteiger partial charge in [-0.1, -0.05) is 66.8 Å². The fourth-order valence-electron chi connectivity index (χ4n) is 4.02. The van der Waals surface area contributed by atoms with Gasteiger partial charge in [0.1, 0.15) is 12.4 Å². The summed E-state index contributed by atoms with van der Waals surface area (Å²) in [6.45, 7) is 12.1. The smallest absolute Gasteiger partial charge is 0.253 e. The number of benzene rings is 2. The van der Waals surface area contributed by atoms with Crippen LogP contribution in [0.5, 0.6) is 5.75 Å². The molecule has 0 bridgehead atoms. The Bertz CT molecular complexity index is 1090. The molecule has 2 aromatic carbocycles. The van der Waals surface area contributed by atoms with Gasteiger partial charge in [0, 0.05) is 25.2 Å². The number of ether oxygens (including phenoxy) is 2. The Morgan fingerprint density at radius 3 is 2.62 bits per heavy atom.